The van der Waals surface area contributed by atoms with E-state index in [9.17, 15) is 29.1 Å². The Morgan fingerprint density at radius 1 is 0.967 bits per heavy atom. The molecular formula is C17H31N5O7S. The molecule has 0 spiro atoms. The molecule has 0 aromatic rings. The molecule has 0 saturated heterocycles. The van der Waals surface area contributed by atoms with Gasteiger partial charge in [0.15, 0.2) is 6.04 Å². The number of nitrogens with two attached hydrogens (primary N) is 2. The molecule has 0 saturated carbocycles. The predicted molar refractivity (Wildman–Crippen MR) is 110 cm³/mol. The summed E-state index contributed by atoms with van der Waals surface area (Å²) >= 11 is 3.89. The van der Waals surface area contributed by atoms with Crippen LogP contribution >= 0.6 is 12.6 Å². The molecule has 30 heavy (non-hydrogen) atoms. The van der Waals surface area contributed by atoms with Gasteiger partial charge in [-0.1, -0.05) is 20.3 Å². The number of amides is 4. The van der Waals surface area contributed by atoms with Gasteiger partial charge in [-0.15, -0.1) is 0 Å². The average molecular weight is 450 g/mol. The van der Waals surface area contributed by atoms with E-state index in [0.29, 0.717) is 6.42 Å². The van der Waals surface area contributed by atoms with Crippen LogP contribution in [0.1, 0.15) is 33.6 Å². The van der Waals surface area contributed by atoms with Crippen molar-refractivity contribution in [2.75, 3.05) is 5.75 Å². The number of hydrogen-bond acceptors (Lipinski definition) is 8. The second-order valence-electron chi connectivity index (χ2n) is 6.96. The van der Waals surface area contributed by atoms with E-state index in [1.165, 1.54) is 6.92 Å². The number of carboxylic acid groups (broad SMARTS) is 1. The molecule has 0 aliphatic heterocycles. The first-order valence-electron chi connectivity index (χ1n) is 9.32. The third-order valence-corrected chi connectivity index (χ3v) is 4.80. The Morgan fingerprint density at radius 3 is 1.90 bits per heavy atom. The lowest BCUT2D eigenvalue weighted by atomic mass is 9.97. The van der Waals surface area contributed by atoms with Gasteiger partial charge in [-0.25, -0.2) is 4.79 Å². The topological polar surface area (TPSA) is 214 Å². The first-order chi connectivity index (χ1) is 13.8. The third kappa shape index (κ3) is 8.97. The van der Waals surface area contributed by atoms with Crippen LogP contribution in [0.25, 0.3) is 0 Å². The summed E-state index contributed by atoms with van der Waals surface area (Å²) in [7, 11) is 0. The van der Waals surface area contributed by atoms with E-state index >= 15 is 0 Å². The molecule has 0 aromatic heterocycles. The third-order valence-electron chi connectivity index (χ3n) is 4.41. The SMILES string of the molecule is CCC(C)C(NC(=O)C(CC(N)=O)NC(=O)C(N)CS)C(=O)NC(C(=O)O)C(C)O. The summed E-state index contributed by atoms with van der Waals surface area (Å²) in [5, 5.41) is 25.6. The number of nitrogens with one attached hydrogen (secondary N) is 3. The standard InChI is InChI=1S/C17H31N5O7S/c1-4-7(2)12(16(27)22-13(8(3)23)17(28)29)21-15(26)10(5-11(19)24)20-14(25)9(18)6-30/h7-10,12-13,23,30H,4-6,18H2,1-3H3,(H2,19,24)(H,20,25)(H,21,26)(H,22,27)(H,28,29). The van der Waals surface area contributed by atoms with E-state index in [-0.39, 0.29) is 5.75 Å². The van der Waals surface area contributed by atoms with Crippen molar-refractivity contribution in [1.29, 1.82) is 0 Å². The van der Waals surface area contributed by atoms with Crippen LogP contribution in [-0.2, 0) is 24.0 Å². The number of carbonyl (C=O) groups is 5. The number of thiol groups is 1. The molecule has 0 aliphatic rings. The van der Waals surface area contributed by atoms with Gasteiger partial charge >= 0.3 is 5.97 Å². The van der Waals surface area contributed by atoms with E-state index in [2.05, 4.69) is 28.6 Å². The van der Waals surface area contributed by atoms with Gasteiger partial charge in [0.25, 0.3) is 0 Å². The molecule has 0 fully saturated rings. The first kappa shape index (κ1) is 27.6. The zero-order valence-corrected chi connectivity index (χ0v) is 18.0. The Hall–Kier alpha value is -2.38. The van der Waals surface area contributed by atoms with Crippen molar-refractivity contribution < 1.29 is 34.2 Å². The van der Waals surface area contributed by atoms with Crippen molar-refractivity contribution in [2.24, 2.45) is 17.4 Å². The highest BCUT2D eigenvalue weighted by Crippen LogP contribution is 2.10. The molecule has 12 nitrogen and oxygen atoms in total. The van der Waals surface area contributed by atoms with Crippen molar-refractivity contribution in [2.45, 2.75) is 63.9 Å². The molecule has 0 rings (SSSR count). The molecule has 172 valence electrons. The van der Waals surface area contributed by atoms with Crippen LogP contribution in [-0.4, -0.2) is 75.8 Å². The molecule has 0 bridgehead atoms. The zero-order chi connectivity index (χ0) is 23.6. The summed E-state index contributed by atoms with van der Waals surface area (Å²) in [6.45, 7) is 4.58. The number of rotatable bonds is 13. The fourth-order valence-corrected chi connectivity index (χ4v) is 2.53. The van der Waals surface area contributed by atoms with Crippen molar-refractivity contribution in [1.82, 2.24) is 16.0 Å². The van der Waals surface area contributed by atoms with Gasteiger partial charge in [0.1, 0.15) is 12.1 Å². The molecule has 9 N–H and O–H groups in total. The van der Waals surface area contributed by atoms with Crippen LogP contribution in [0.2, 0.25) is 0 Å². The van der Waals surface area contributed by atoms with Gasteiger partial charge in [-0.3, -0.25) is 19.2 Å². The fraction of sp³-hybridized carbons (Fsp3) is 0.706. The Bertz CT molecular complexity index is 646. The zero-order valence-electron chi connectivity index (χ0n) is 17.1. The highest BCUT2D eigenvalue weighted by molar-refractivity contribution is 7.80. The fourth-order valence-electron chi connectivity index (χ4n) is 2.36. The minimum Gasteiger partial charge on any atom is -0.480 e. The molecular weight excluding hydrogens is 418 g/mol. The summed E-state index contributed by atoms with van der Waals surface area (Å²) in [6, 6.07) is -5.22. The number of aliphatic hydroxyl groups excluding tert-OH is 1. The van der Waals surface area contributed by atoms with E-state index in [4.69, 9.17) is 16.6 Å². The summed E-state index contributed by atoms with van der Waals surface area (Å²) in [6.07, 6.45) is -1.50. The maximum atomic E-state index is 12.7. The second-order valence-corrected chi connectivity index (χ2v) is 7.32. The lowest BCUT2D eigenvalue weighted by Crippen LogP contribution is -2.60. The lowest BCUT2D eigenvalue weighted by Gasteiger charge is -2.28. The molecule has 4 amide bonds. The van der Waals surface area contributed by atoms with E-state index < -0.39 is 72.2 Å². The van der Waals surface area contributed by atoms with E-state index in [1.54, 1.807) is 13.8 Å². The number of carboxylic acids is 1. The number of primary amides is 1. The van der Waals surface area contributed by atoms with E-state index in [0.717, 1.165) is 0 Å². The summed E-state index contributed by atoms with van der Waals surface area (Å²) in [5.41, 5.74) is 10.7. The Balaban J connectivity index is 5.54. The second kappa shape index (κ2) is 13.0. The van der Waals surface area contributed by atoms with Crippen LogP contribution in [0, 0.1) is 5.92 Å². The van der Waals surface area contributed by atoms with Crippen LogP contribution in [0.5, 0.6) is 0 Å². The van der Waals surface area contributed by atoms with Crippen molar-refractivity contribution >= 4 is 42.2 Å². The van der Waals surface area contributed by atoms with E-state index in [1.807, 2.05) is 0 Å². The smallest absolute Gasteiger partial charge is 0.328 e. The largest absolute Gasteiger partial charge is 0.480 e. The monoisotopic (exact) mass is 449 g/mol. The number of aliphatic hydroxyl groups is 1. The van der Waals surface area contributed by atoms with Crippen LogP contribution in [0.3, 0.4) is 0 Å². The first-order valence-corrected chi connectivity index (χ1v) is 9.95. The summed E-state index contributed by atoms with van der Waals surface area (Å²) in [5.74, 6) is -5.24. The van der Waals surface area contributed by atoms with Crippen LogP contribution < -0.4 is 27.4 Å². The summed E-state index contributed by atoms with van der Waals surface area (Å²) < 4.78 is 0. The Labute approximate surface area is 179 Å². The Kier molecular flexibility index (Phi) is 12.0. The normalized spacial score (nSPS) is 16.9. The minimum absolute atomic E-state index is 0.00936. The average Bonchev–Trinajstić information content (AvgIpc) is 2.66. The molecule has 6 unspecified atom stereocenters. The van der Waals surface area contributed by atoms with Gasteiger partial charge in [0, 0.05) is 5.75 Å². The number of carbonyl (C=O) groups excluding carboxylic acids is 4. The number of hydrogen-bond donors (Lipinski definition) is 8. The van der Waals surface area contributed by atoms with Gasteiger partial charge in [0.05, 0.1) is 18.6 Å². The molecule has 0 radical (unpaired) electrons. The van der Waals surface area contributed by atoms with Crippen molar-refractivity contribution in [3.05, 3.63) is 0 Å². The van der Waals surface area contributed by atoms with Gasteiger partial charge in [-0.05, 0) is 12.8 Å². The molecule has 0 heterocycles. The quantitative estimate of drug-likeness (QED) is 0.136. The van der Waals surface area contributed by atoms with Gasteiger partial charge in [-0.2, -0.15) is 12.6 Å². The molecule has 6 atom stereocenters. The highest BCUT2D eigenvalue weighted by Gasteiger charge is 2.34. The predicted octanol–water partition coefficient (Wildman–Crippen LogP) is -2.92. The van der Waals surface area contributed by atoms with Crippen LogP contribution in [0.4, 0.5) is 0 Å². The Morgan fingerprint density at radius 2 is 1.50 bits per heavy atom. The van der Waals surface area contributed by atoms with Crippen molar-refractivity contribution in [3.63, 3.8) is 0 Å². The maximum Gasteiger partial charge on any atom is 0.328 e. The summed E-state index contributed by atoms with van der Waals surface area (Å²) in [4.78, 5) is 59.8. The maximum absolute atomic E-state index is 12.7. The highest BCUT2D eigenvalue weighted by atomic mass is 32.1. The lowest BCUT2D eigenvalue weighted by molar-refractivity contribution is -0.145. The van der Waals surface area contributed by atoms with Crippen molar-refractivity contribution in [3.8, 4) is 0 Å². The molecule has 0 aromatic carbocycles. The van der Waals surface area contributed by atoms with Gasteiger partial charge in [0.2, 0.25) is 23.6 Å². The molecule has 13 heteroatoms. The molecule has 0 aliphatic carbocycles. The minimum atomic E-state index is -1.59. The van der Waals surface area contributed by atoms with Crippen LogP contribution in [0.15, 0.2) is 0 Å². The van der Waals surface area contributed by atoms with Gasteiger partial charge < -0.3 is 37.6 Å². The number of aliphatic carboxylic acids is 1.